The van der Waals surface area contributed by atoms with Gasteiger partial charge in [-0.1, -0.05) is 23.8 Å². The Hall–Kier alpha value is -2.11. The average molecular weight is 390 g/mol. The normalized spacial score (nSPS) is 14.0. The molecular formula is C20H20ClNO3S. The van der Waals surface area contributed by atoms with Gasteiger partial charge in [-0.3, -0.25) is 0 Å². The molecule has 0 aromatic heterocycles. The smallest absolute Gasteiger partial charge is 0.343 e. The number of thiocarbonyl (C=S) groups is 1. The molecule has 2 aromatic carbocycles. The molecule has 0 atom stereocenters. The summed E-state index contributed by atoms with van der Waals surface area (Å²) in [7, 11) is 1.54. The van der Waals surface area contributed by atoms with Crippen LogP contribution in [-0.4, -0.2) is 36.1 Å². The van der Waals surface area contributed by atoms with E-state index in [2.05, 4.69) is 4.90 Å². The van der Waals surface area contributed by atoms with Crippen LogP contribution in [0.15, 0.2) is 42.5 Å². The highest BCUT2D eigenvalue weighted by atomic mass is 35.5. The highest BCUT2D eigenvalue weighted by molar-refractivity contribution is 7.80. The minimum atomic E-state index is -0.471. The summed E-state index contributed by atoms with van der Waals surface area (Å²) in [6.07, 6.45) is 3.54. The average Bonchev–Trinajstić information content (AvgIpc) is 2.68. The Morgan fingerprint density at radius 3 is 2.31 bits per heavy atom. The van der Waals surface area contributed by atoms with Gasteiger partial charge in [0, 0.05) is 23.7 Å². The van der Waals surface area contributed by atoms with Crippen LogP contribution in [-0.2, 0) is 0 Å². The maximum absolute atomic E-state index is 12.4. The molecule has 0 N–H and O–H groups in total. The van der Waals surface area contributed by atoms with Gasteiger partial charge in [0.1, 0.15) is 4.99 Å². The molecule has 6 heteroatoms. The maximum Gasteiger partial charge on any atom is 0.343 e. The summed E-state index contributed by atoms with van der Waals surface area (Å²) < 4.78 is 10.9. The highest BCUT2D eigenvalue weighted by Gasteiger charge is 2.18. The van der Waals surface area contributed by atoms with E-state index in [4.69, 9.17) is 33.3 Å². The molecule has 0 aliphatic carbocycles. The van der Waals surface area contributed by atoms with Gasteiger partial charge in [-0.25, -0.2) is 4.79 Å². The summed E-state index contributed by atoms with van der Waals surface area (Å²) in [5.74, 6) is 0.364. The number of benzene rings is 2. The first kappa shape index (κ1) is 18.7. The number of nitrogens with zero attached hydrogens (tertiary/aromatic N) is 1. The molecule has 1 heterocycles. The molecule has 0 spiro atoms. The standard InChI is InChI=1S/C20H20ClNO3S/c1-24-17-10-7-15(19(26)22-11-3-2-4-12-22)13-18(17)25-20(23)14-5-8-16(21)9-6-14/h5-10,13H,2-4,11-12H2,1H3. The lowest BCUT2D eigenvalue weighted by atomic mass is 10.1. The Bertz CT molecular complexity index is 801. The number of halogens is 1. The van der Waals surface area contributed by atoms with Crippen molar-refractivity contribution in [2.75, 3.05) is 20.2 Å². The number of likely N-dealkylation sites (tertiary alicyclic amines) is 1. The Morgan fingerprint density at radius 1 is 1.00 bits per heavy atom. The third kappa shape index (κ3) is 4.34. The Labute approximate surface area is 163 Å². The number of carbonyl (C=O) groups excluding carboxylic acids is 1. The molecule has 1 fully saturated rings. The van der Waals surface area contributed by atoms with Gasteiger partial charge < -0.3 is 14.4 Å². The van der Waals surface area contributed by atoms with Crippen LogP contribution in [0.4, 0.5) is 0 Å². The first-order valence-electron chi connectivity index (χ1n) is 8.53. The second-order valence-electron chi connectivity index (χ2n) is 6.11. The molecule has 0 amide bonds. The summed E-state index contributed by atoms with van der Waals surface area (Å²) in [4.78, 5) is 15.4. The van der Waals surface area contributed by atoms with Crippen LogP contribution in [0.2, 0.25) is 5.02 Å². The summed E-state index contributed by atoms with van der Waals surface area (Å²) in [6.45, 7) is 1.93. The molecule has 0 bridgehead atoms. The zero-order chi connectivity index (χ0) is 18.5. The van der Waals surface area contributed by atoms with Gasteiger partial charge in [0.15, 0.2) is 11.5 Å². The van der Waals surface area contributed by atoms with Crippen LogP contribution in [0.1, 0.15) is 35.2 Å². The van der Waals surface area contributed by atoms with E-state index < -0.39 is 5.97 Å². The minimum absolute atomic E-state index is 0.351. The zero-order valence-corrected chi connectivity index (χ0v) is 16.1. The second kappa shape index (κ2) is 8.52. The van der Waals surface area contributed by atoms with Crippen molar-refractivity contribution in [3.63, 3.8) is 0 Å². The molecule has 1 saturated heterocycles. The molecular weight excluding hydrogens is 370 g/mol. The first-order valence-corrected chi connectivity index (χ1v) is 9.32. The molecule has 4 nitrogen and oxygen atoms in total. The number of carbonyl (C=O) groups is 1. The third-order valence-corrected chi connectivity index (χ3v) is 5.08. The molecule has 136 valence electrons. The Morgan fingerprint density at radius 2 is 1.65 bits per heavy atom. The van der Waals surface area contributed by atoms with Crippen LogP contribution in [0.5, 0.6) is 11.5 Å². The van der Waals surface area contributed by atoms with Gasteiger partial charge in [0.25, 0.3) is 0 Å². The molecule has 26 heavy (non-hydrogen) atoms. The summed E-state index contributed by atoms with van der Waals surface area (Å²) in [5, 5.41) is 0.563. The van der Waals surface area contributed by atoms with Crippen molar-refractivity contribution < 1.29 is 14.3 Å². The molecule has 1 aliphatic rings. The highest BCUT2D eigenvalue weighted by Crippen LogP contribution is 2.30. The minimum Gasteiger partial charge on any atom is -0.493 e. The van der Waals surface area contributed by atoms with Gasteiger partial charge in [-0.2, -0.15) is 0 Å². The lowest BCUT2D eigenvalue weighted by Gasteiger charge is -2.29. The summed E-state index contributed by atoms with van der Waals surface area (Å²) in [5.41, 5.74) is 1.27. The van der Waals surface area contributed by atoms with Crippen molar-refractivity contribution in [2.45, 2.75) is 19.3 Å². The van der Waals surface area contributed by atoms with E-state index in [0.717, 1.165) is 36.5 Å². The quantitative estimate of drug-likeness (QED) is 0.429. The lowest BCUT2D eigenvalue weighted by Crippen LogP contribution is -2.34. The van der Waals surface area contributed by atoms with Gasteiger partial charge in [0.2, 0.25) is 0 Å². The van der Waals surface area contributed by atoms with Crippen LogP contribution in [0.25, 0.3) is 0 Å². The fraction of sp³-hybridized carbons (Fsp3) is 0.300. The van der Waals surface area contributed by atoms with Crippen molar-refractivity contribution >= 4 is 34.8 Å². The summed E-state index contributed by atoms with van der Waals surface area (Å²) in [6, 6.07) is 12.0. The second-order valence-corrected chi connectivity index (χ2v) is 6.94. The van der Waals surface area contributed by atoms with E-state index >= 15 is 0 Å². The molecule has 0 radical (unpaired) electrons. The van der Waals surface area contributed by atoms with Gasteiger partial charge >= 0.3 is 5.97 Å². The van der Waals surface area contributed by atoms with Gasteiger partial charge in [-0.05, 0) is 61.7 Å². The van der Waals surface area contributed by atoms with Crippen LogP contribution < -0.4 is 9.47 Å². The number of hydrogen-bond donors (Lipinski definition) is 0. The molecule has 1 aliphatic heterocycles. The molecule has 2 aromatic rings. The van der Waals surface area contributed by atoms with Gasteiger partial charge in [-0.15, -0.1) is 0 Å². The van der Waals surface area contributed by atoms with Crippen LogP contribution in [0.3, 0.4) is 0 Å². The van der Waals surface area contributed by atoms with E-state index in [1.54, 1.807) is 36.4 Å². The fourth-order valence-electron chi connectivity index (χ4n) is 2.91. The van der Waals surface area contributed by atoms with E-state index in [-0.39, 0.29) is 0 Å². The van der Waals surface area contributed by atoms with Crippen molar-refractivity contribution in [1.29, 1.82) is 0 Å². The lowest BCUT2D eigenvalue weighted by molar-refractivity contribution is 0.0729. The zero-order valence-electron chi connectivity index (χ0n) is 14.5. The number of esters is 1. The van der Waals surface area contributed by atoms with E-state index in [1.807, 2.05) is 6.07 Å². The third-order valence-electron chi connectivity index (χ3n) is 4.34. The molecule has 0 saturated carbocycles. The number of rotatable bonds is 4. The van der Waals surface area contributed by atoms with E-state index in [9.17, 15) is 4.79 Å². The fourth-order valence-corrected chi connectivity index (χ4v) is 3.35. The van der Waals surface area contributed by atoms with E-state index in [0.29, 0.717) is 22.1 Å². The number of methoxy groups -OCH3 is 1. The number of piperidine rings is 1. The van der Waals surface area contributed by atoms with Crippen molar-refractivity contribution in [1.82, 2.24) is 4.90 Å². The maximum atomic E-state index is 12.4. The van der Waals surface area contributed by atoms with Crippen molar-refractivity contribution in [2.24, 2.45) is 0 Å². The van der Waals surface area contributed by atoms with E-state index in [1.165, 1.54) is 13.5 Å². The predicted octanol–water partition coefficient (Wildman–Crippen LogP) is 4.73. The first-order chi connectivity index (χ1) is 12.6. The summed E-state index contributed by atoms with van der Waals surface area (Å²) >= 11 is 11.5. The van der Waals surface area contributed by atoms with Crippen molar-refractivity contribution in [3.8, 4) is 11.5 Å². The number of ether oxygens (including phenoxy) is 2. The van der Waals surface area contributed by atoms with Crippen LogP contribution >= 0.6 is 23.8 Å². The molecule has 3 rings (SSSR count). The largest absolute Gasteiger partial charge is 0.493 e. The monoisotopic (exact) mass is 389 g/mol. The number of hydrogen-bond acceptors (Lipinski definition) is 4. The van der Waals surface area contributed by atoms with Crippen molar-refractivity contribution in [3.05, 3.63) is 58.6 Å². The van der Waals surface area contributed by atoms with Gasteiger partial charge in [0.05, 0.1) is 12.7 Å². The topological polar surface area (TPSA) is 38.8 Å². The Kier molecular flexibility index (Phi) is 6.12. The molecule has 0 unspecified atom stereocenters. The van der Waals surface area contributed by atoms with Crippen LogP contribution in [0, 0.1) is 0 Å². The SMILES string of the molecule is COc1ccc(C(=S)N2CCCCC2)cc1OC(=O)c1ccc(Cl)cc1. The Balaban J connectivity index is 1.82. The predicted molar refractivity (Wildman–Crippen MR) is 107 cm³/mol.